The minimum atomic E-state index is -1.10. The minimum Gasteiger partial charge on any atom is -0.444 e. The second-order valence-electron chi connectivity index (χ2n) is 8.67. The highest BCUT2D eigenvalue weighted by Gasteiger charge is 2.48. The summed E-state index contributed by atoms with van der Waals surface area (Å²) in [5.41, 5.74) is -1.37. The standard InChI is InChI=1S/C20H27F2NO3/c1-19(2,3)26-18(24)23-15-5-4-6-16(23)12-20(25,11-15)10-13-7-8-14(21)9-17(13)22/h7-9,15-16,25H,4-6,10-12H2,1-3H3. The van der Waals surface area contributed by atoms with Crippen molar-refractivity contribution in [2.24, 2.45) is 0 Å². The van der Waals surface area contributed by atoms with Gasteiger partial charge >= 0.3 is 6.09 Å². The second kappa shape index (κ2) is 6.80. The van der Waals surface area contributed by atoms with Crippen molar-refractivity contribution in [3.63, 3.8) is 0 Å². The van der Waals surface area contributed by atoms with Gasteiger partial charge in [0.1, 0.15) is 17.2 Å². The van der Waals surface area contributed by atoms with Gasteiger partial charge in [-0.3, -0.25) is 0 Å². The molecule has 2 unspecified atom stereocenters. The van der Waals surface area contributed by atoms with E-state index in [2.05, 4.69) is 0 Å². The van der Waals surface area contributed by atoms with Crippen LogP contribution in [0.4, 0.5) is 13.6 Å². The predicted octanol–water partition coefficient (Wildman–Crippen LogP) is 4.19. The fourth-order valence-electron chi connectivity index (χ4n) is 4.30. The Morgan fingerprint density at radius 1 is 1.27 bits per heavy atom. The topological polar surface area (TPSA) is 49.8 Å². The Morgan fingerprint density at radius 3 is 2.42 bits per heavy atom. The Balaban J connectivity index is 1.77. The number of carbonyl (C=O) groups is 1. The van der Waals surface area contributed by atoms with Gasteiger partial charge in [-0.25, -0.2) is 13.6 Å². The van der Waals surface area contributed by atoms with Crippen molar-refractivity contribution >= 4 is 6.09 Å². The number of ether oxygens (including phenoxy) is 1. The van der Waals surface area contributed by atoms with Gasteiger partial charge < -0.3 is 14.7 Å². The molecule has 2 bridgehead atoms. The van der Waals surface area contributed by atoms with Crippen molar-refractivity contribution in [2.45, 2.75) is 82.6 Å². The van der Waals surface area contributed by atoms with E-state index in [9.17, 15) is 18.7 Å². The van der Waals surface area contributed by atoms with E-state index >= 15 is 0 Å². The van der Waals surface area contributed by atoms with Gasteiger partial charge in [-0.2, -0.15) is 0 Å². The Morgan fingerprint density at radius 2 is 1.88 bits per heavy atom. The first-order valence-electron chi connectivity index (χ1n) is 9.24. The number of benzene rings is 1. The number of halogens is 2. The van der Waals surface area contributed by atoms with Crippen LogP contribution in [0.1, 0.15) is 58.4 Å². The van der Waals surface area contributed by atoms with E-state index in [1.54, 1.807) is 4.90 Å². The highest BCUT2D eigenvalue weighted by molar-refractivity contribution is 5.69. The number of nitrogens with zero attached hydrogens (tertiary/aromatic N) is 1. The summed E-state index contributed by atoms with van der Waals surface area (Å²) in [6, 6.07) is 3.20. The number of rotatable bonds is 2. The second-order valence-corrected chi connectivity index (χ2v) is 8.67. The molecule has 2 atom stereocenters. The van der Waals surface area contributed by atoms with Gasteiger partial charge in [0.25, 0.3) is 0 Å². The number of piperidine rings is 2. The molecule has 0 spiro atoms. The highest BCUT2D eigenvalue weighted by atomic mass is 19.1. The van der Waals surface area contributed by atoms with E-state index in [0.29, 0.717) is 18.4 Å². The normalized spacial score (nSPS) is 28.8. The molecule has 2 saturated heterocycles. The molecule has 4 nitrogen and oxygen atoms in total. The van der Waals surface area contributed by atoms with Crippen LogP contribution in [-0.2, 0) is 11.2 Å². The van der Waals surface area contributed by atoms with E-state index in [1.165, 1.54) is 12.1 Å². The first-order valence-corrected chi connectivity index (χ1v) is 9.24. The molecular formula is C20H27F2NO3. The lowest BCUT2D eigenvalue weighted by molar-refractivity contribution is -0.0922. The van der Waals surface area contributed by atoms with E-state index < -0.39 is 22.8 Å². The summed E-state index contributed by atoms with van der Waals surface area (Å²) >= 11 is 0. The van der Waals surface area contributed by atoms with Crippen molar-refractivity contribution in [2.75, 3.05) is 0 Å². The summed E-state index contributed by atoms with van der Waals surface area (Å²) in [7, 11) is 0. The summed E-state index contributed by atoms with van der Waals surface area (Å²) in [4.78, 5) is 14.4. The lowest BCUT2D eigenvalue weighted by atomic mass is 9.73. The summed E-state index contributed by atoms with van der Waals surface area (Å²) in [6.45, 7) is 5.49. The zero-order valence-electron chi connectivity index (χ0n) is 15.6. The molecule has 1 amide bonds. The molecule has 2 heterocycles. The van der Waals surface area contributed by atoms with Gasteiger partial charge in [-0.1, -0.05) is 6.07 Å². The van der Waals surface area contributed by atoms with Crippen LogP contribution >= 0.6 is 0 Å². The number of carbonyl (C=O) groups excluding carboxylic acids is 1. The third-order valence-corrected chi connectivity index (χ3v) is 5.23. The van der Waals surface area contributed by atoms with Crippen LogP contribution in [0.15, 0.2) is 18.2 Å². The zero-order valence-corrected chi connectivity index (χ0v) is 15.6. The number of fused-ring (bicyclic) bond motifs is 2. The monoisotopic (exact) mass is 367 g/mol. The Kier molecular flexibility index (Phi) is 4.99. The van der Waals surface area contributed by atoms with Crippen LogP contribution in [0, 0.1) is 11.6 Å². The molecule has 26 heavy (non-hydrogen) atoms. The smallest absolute Gasteiger partial charge is 0.410 e. The van der Waals surface area contributed by atoms with Crippen LogP contribution in [0.2, 0.25) is 0 Å². The maximum absolute atomic E-state index is 14.0. The fourth-order valence-corrected chi connectivity index (χ4v) is 4.30. The maximum atomic E-state index is 14.0. The fraction of sp³-hybridized carbons (Fsp3) is 0.650. The molecule has 144 valence electrons. The quantitative estimate of drug-likeness (QED) is 0.853. The predicted molar refractivity (Wildman–Crippen MR) is 93.7 cm³/mol. The lowest BCUT2D eigenvalue weighted by Crippen LogP contribution is -2.61. The van der Waals surface area contributed by atoms with E-state index in [0.717, 1.165) is 25.3 Å². The Labute approximate surface area is 153 Å². The number of hydrogen-bond donors (Lipinski definition) is 1. The van der Waals surface area contributed by atoms with E-state index in [1.807, 2.05) is 20.8 Å². The zero-order chi connectivity index (χ0) is 19.1. The molecule has 0 aromatic heterocycles. The molecule has 3 rings (SSSR count). The van der Waals surface area contributed by atoms with Crippen molar-refractivity contribution in [3.05, 3.63) is 35.4 Å². The van der Waals surface area contributed by atoms with Crippen LogP contribution in [0.3, 0.4) is 0 Å². The average Bonchev–Trinajstić information content (AvgIpc) is 2.47. The SMILES string of the molecule is CC(C)(C)OC(=O)N1C2CCCC1CC(O)(Cc1ccc(F)cc1F)C2. The van der Waals surface area contributed by atoms with Gasteiger partial charge in [-0.05, 0) is 64.5 Å². The molecule has 2 aliphatic heterocycles. The molecule has 6 heteroatoms. The first kappa shape index (κ1) is 19.1. The lowest BCUT2D eigenvalue weighted by Gasteiger charge is -2.51. The van der Waals surface area contributed by atoms with Crippen molar-refractivity contribution in [3.8, 4) is 0 Å². The van der Waals surface area contributed by atoms with Gasteiger partial charge in [0, 0.05) is 24.6 Å². The Bertz CT molecular complexity index is 672. The third kappa shape index (κ3) is 4.17. The van der Waals surface area contributed by atoms with Crippen molar-refractivity contribution in [1.82, 2.24) is 4.90 Å². The van der Waals surface area contributed by atoms with Gasteiger partial charge in [0.05, 0.1) is 5.60 Å². The molecule has 0 saturated carbocycles. The molecule has 2 fully saturated rings. The van der Waals surface area contributed by atoms with Crippen molar-refractivity contribution in [1.29, 1.82) is 0 Å². The number of hydrogen-bond acceptors (Lipinski definition) is 3. The third-order valence-electron chi connectivity index (χ3n) is 5.23. The minimum absolute atomic E-state index is 0.119. The maximum Gasteiger partial charge on any atom is 0.410 e. The summed E-state index contributed by atoms with van der Waals surface area (Å²) in [6.07, 6.45) is 3.11. The van der Waals surface area contributed by atoms with Gasteiger partial charge in [-0.15, -0.1) is 0 Å². The highest BCUT2D eigenvalue weighted by Crippen LogP contribution is 2.41. The summed E-state index contributed by atoms with van der Waals surface area (Å²) in [5, 5.41) is 11.1. The summed E-state index contributed by atoms with van der Waals surface area (Å²) < 4.78 is 32.7. The van der Waals surface area contributed by atoms with E-state index in [-0.39, 0.29) is 24.6 Å². The largest absolute Gasteiger partial charge is 0.444 e. The summed E-state index contributed by atoms with van der Waals surface area (Å²) in [5.74, 6) is -1.27. The Hall–Kier alpha value is -1.69. The average molecular weight is 367 g/mol. The van der Waals surface area contributed by atoms with Crippen LogP contribution in [0.5, 0.6) is 0 Å². The van der Waals surface area contributed by atoms with Crippen LogP contribution in [0.25, 0.3) is 0 Å². The first-order chi connectivity index (χ1) is 12.1. The number of amides is 1. The molecule has 2 aliphatic rings. The van der Waals surface area contributed by atoms with Crippen LogP contribution in [-0.4, -0.2) is 39.4 Å². The van der Waals surface area contributed by atoms with Gasteiger partial charge in [0.15, 0.2) is 0 Å². The van der Waals surface area contributed by atoms with Crippen LogP contribution < -0.4 is 0 Å². The molecule has 1 aromatic carbocycles. The molecule has 1 N–H and O–H groups in total. The molecule has 0 aliphatic carbocycles. The van der Waals surface area contributed by atoms with Crippen molar-refractivity contribution < 1.29 is 23.4 Å². The van der Waals surface area contributed by atoms with Gasteiger partial charge in [0.2, 0.25) is 0 Å². The molecular weight excluding hydrogens is 340 g/mol. The molecule has 1 aromatic rings. The molecule has 0 radical (unpaired) electrons. The van der Waals surface area contributed by atoms with E-state index in [4.69, 9.17) is 4.74 Å². The number of aliphatic hydroxyl groups is 1.